The van der Waals surface area contributed by atoms with Crippen molar-refractivity contribution in [3.8, 4) is 0 Å². The van der Waals surface area contributed by atoms with Gasteiger partial charge >= 0.3 is 5.97 Å². The minimum Gasteiger partial charge on any atom is -0.461 e. The van der Waals surface area contributed by atoms with Crippen LogP contribution in [0.5, 0.6) is 0 Å². The Bertz CT molecular complexity index is 415. The van der Waals surface area contributed by atoms with Gasteiger partial charge in [-0.3, -0.25) is 4.79 Å². The van der Waals surface area contributed by atoms with Crippen molar-refractivity contribution < 1.29 is 18.9 Å². The Hall–Kier alpha value is -1.91. The summed E-state index contributed by atoms with van der Waals surface area (Å²) in [5, 5.41) is 0. The van der Waals surface area contributed by atoms with E-state index in [1.165, 1.54) is 6.42 Å². The van der Waals surface area contributed by atoms with Gasteiger partial charge in [0.15, 0.2) is 12.4 Å². The van der Waals surface area contributed by atoms with Crippen LogP contribution < -0.4 is 10.3 Å². The molecule has 0 saturated carbocycles. The smallest absolute Gasteiger partial charge is 0.372 e. The van der Waals surface area contributed by atoms with Crippen LogP contribution >= 0.6 is 0 Å². The molecular weight excluding hydrogens is 244 g/mol. The van der Waals surface area contributed by atoms with Gasteiger partial charge in [-0.15, -0.1) is 0 Å². The number of pyridine rings is 1. The van der Waals surface area contributed by atoms with Gasteiger partial charge in [-0.1, -0.05) is 26.2 Å². The number of unbranched alkanes of at least 4 members (excludes halogenated alkanes) is 3. The number of carbonyl (C=O) groups is 2. The molecule has 1 amide bonds. The van der Waals surface area contributed by atoms with Gasteiger partial charge < -0.3 is 10.5 Å². The van der Waals surface area contributed by atoms with Gasteiger partial charge in [-0.25, -0.2) is 4.79 Å². The maximum atomic E-state index is 11.5. The Labute approximate surface area is 113 Å². The fraction of sp³-hybridized carbons (Fsp3) is 0.500. The Morgan fingerprint density at radius 2 is 1.89 bits per heavy atom. The van der Waals surface area contributed by atoms with E-state index in [4.69, 9.17) is 10.5 Å². The normalized spacial score (nSPS) is 10.2. The fourth-order valence-electron chi connectivity index (χ4n) is 1.64. The van der Waals surface area contributed by atoms with E-state index >= 15 is 0 Å². The number of aromatic nitrogens is 1. The van der Waals surface area contributed by atoms with Crippen LogP contribution in [0.2, 0.25) is 0 Å². The number of rotatable bonds is 8. The Morgan fingerprint density at radius 1 is 1.21 bits per heavy atom. The third kappa shape index (κ3) is 5.99. The van der Waals surface area contributed by atoms with Gasteiger partial charge in [-0.05, 0) is 6.42 Å². The lowest BCUT2D eigenvalue weighted by molar-refractivity contribution is -0.686. The van der Waals surface area contributed by atoms with E-state index in [-0.39, 0.29) is 12.5 Å². The first-order chi connectivity index (χ1) is 9.13. The van der Waals surface area contributed by atoms with Crippen molar-refractivity contribution in [3.05, 3.63) is 30.1 Å². The standard InChI is InChI=1S/C14H20N2O3/c1-2-3-4-5-10-19-13(17)11-16-8-6-12(7-9-16)14(15)18/h6-9H,2-5,10-11H2,1H3,(H-,15,18)/p+1. The summed E-state index contributed by atoms with van der Waals surface area (Å²) in [5.74, 6) is -0.751. The molecule has 19 heavy (non-hydrogen) atoms. The summed E-state index contributed by atoms with van der Waals surface area (Å²) in [6.45, 7) is 2.75. The maximum Gasteiger partial charge on any atom is 0.372 e. The molecular formula is C14H21N2O3+. The Balaban J connectivity index is 2.30. The van der Waals surface area contributed by atoms with E-state index in [1.54, 1.807) is 29.1 Å². The molecule has 0 saturated heterocycles. The first kappa shape index (κ1) is 15.1. The van der Waals surface area contributed by atoms with Crippen molar-refractivity contribution in [1.29, 1.82) is 0 Å². The number of hydrogen-bond acceptors (Lipinski definition) is 3. The number of nitrogens with zero attached hydrogens (tertiary/aromatic N) is 1. The highest BCUT2D eigenvalue weighted by Gasteiger charge is 2.11. The number of hydrogen-bond donors (Lipinski definition) is 1. The minimum atomic E-state index is -0.481. The third-order valence-corrected chi connectivity index (χ3v) is 2.75. The summed E-state index contributed by atoms with van der Waals surface area (Å²) in [6, 6.07) is 3.16. The quantitative estimate of drug-likeness (QED) is 0.436. The molecule has 0 bridgehead atoms. The van der Waals surface area contributed by atoms with Gasteiger partial charge in [0.05, 0.1) is 12.2 Å². The molecule has 2 N–H and O–H groups in total. The van der Waals surface area contributed by atoms with E-state index in [9.17, 15) is 9.59 Å². The minimum absolute atomic E-state index is 0.146. The van der Waals surface area contributed by atoms with E-state index < -0.39 is 5.91 Å². The number of nitrogens with two attached hydrogens (primary N) is 1. The number of amides is 1. The molecule has 1 heterocycles. The largest absolute Gasteiger partial charge is 0.461 e. The molecule has 5 heteroatoms. The summed E-state index contributed by atoms with van der Waals surface area (Å²) in [6.07, 6.45) is 7.60. The lowest BCUT2D eigenvalue weighted by Crippen LogP contribution is -2.38. The maximum absolute atomic E-state index is 11.5. The SMILES string of the molecule is CCCCCCOC(=O)C[n+]1ccc(C(N)=O)cc1. The zero-order chi connectivity index (χ0) is 14.1. The Kier molecular flexibility index (Phi) is 6.57. The molecule has 0 spiro atoms. The van der Waals surface area contributed by atoms with E-state index in [1.807, 2.05) is 0 Å². The van der Waals surface area contributed by atoms with Gasteiger partial charge in [0, 0.05) is 12.1 Å². The molecule has 0 aliphatic heterocycles. The number of esters is 1. The highest BCUT2D eigenvalue weighted by Crippen LogP contribution is 1.99. The second kappa shape index (κ2) is 8.24. The van der Waals surface area contributed by atoms with Crippen molar-refractivity contribution in [3.63, 3.8) is 0 Å². The molecule has 0 atom stereocenters. The van der Waals surface area contributed by atoms with E-state index in [0.29, 0.717) is 12.2 Å². The van der Waals surface area contributed by atoms with Crippen LogP contribution in [0, 0.1) is 0 Å². The van der Waals surface area contributed by atoms with Crippen molar-refractivity contribution in [2.45, 2.75) is 39.2 Å². The van der Waals surface area contributed by atoms with Gasteiger partial charge in [0.2, 0.25) is 12.5 Å². The van der Waals surface area contributed by atoms with Crippen LogP contribution in [0.4, 0.5) is 0 Å². The lowest BCUT2D eigenvalue weighted by Gasteiger charge is -2.02. The molecule has 1 aromatic rings. The van der Waals surface area contributed by atoms with Gasteiger partial charge in [-0.2, -0.15) is 4.57 Å². The van der Waals surface area contributed by atoms with Crippen LogP contribution in [0.25, 0.3) is 0 Å². The molecule has 1 rings (SSSR count). The van der Waals surface area contributed by atoms with Crippen LogP contribution in [0.3, 0.4) is 0 Å². The molecule has 0 radical (unpaired) electrons. The number of ether oxygens (including phenoxy) is 1. The van der Waals surface area contributed by atoms with E-state index in [0.717, 1.165) is 19.3 Å². The zero-order valence-corrected chi connectivity index (χ0v) is 11.3. The van der Waals surface area contributed by atoms with Crippen molar-refractivity contribution in [1.82, 2.24) is 0 Å². The highest BCUT2D eigenvalue weighted by atomic mass is 16.5. The summed E-state index contributed by atoms with van der Waals surface area (Å²) in [4.78, 5) is 22.4. The molecule has 104 valence electrons. The van der Waals surface area contributed by atoms with Gasteiger partial charge in [0.1, 0.15) is 0 Å². The summed E-state index contributed by atoms with van der Waals surface area (Å²) in [5.41, 5.74) is 5.55. The monoisotopic (exact) mass is 265 g/mol. The lowest BCUT2D eigenvalue weighted by atomic mass is 10.2. The average Bonchev–Trinajstić information content (AvgIpc) is 2.39. The molecule has 0 fully saturated rings. The molecule has 0 aromatic carbocycles. The average molecular weight is 265 g/mol. The second-order valence-corrected chi connectivity index (χ2v) is 4.40. The first-order valence-electron chi connectivity index (χ1n) is 6.58. The predicted octanol–water partition coefficient (Wildman–Crippen LogP) is 1.20. The van der Waals surface area contributed by atoms with Crippen LogP contribution in [-0.4, -0.2) is 18.5 Å². The van der Waals surface area contributed by atoms with Crippen LogP contribution in [0.1, 0.15) is 43.0 Å². The molecule has 0 aliphatic carbocycles. The van der Waals surface area contributed by atoms with Crippen molar-refractivity contribution >= 4 is 11.9 Å². The van der Waals surface area contributed by atoms with Crippen LogP contribution in [-0.2, 0) is 16.1 Å². The molecule has 5 nitrogen and oxygen atoms in total. The predicted molar refractivity (Wildman–Crippen MR) is 70.3 cm³/mol. The topological polar surface area (TPSA) is 73.3 Å². The first-order valence-corrected chi connectivity index (χ1v) is 6.58. The molecule has 0 unspecified atom stereocenters. The van der Waals surface area contributed by atoms with Crippen molar-refractivity contribution in [2.24, 2.45) is 5.73 Å². The second-order valence-electron chi connectivity index (χ2n) is 4.40. The number of carbonyl (C=O) groups excluding carboxylic acids is 2. The van der Waals surface area contributed by atoms with Crippen molar-refractivity contribution in [2.75, 3.05) is 6.61 Å². The van der Waals surface area contributed by atoms with E-state index in [2.05, 4.69) is 6.92 Å². The molecule has 1 aromatic heterocycles. The number of primary amides is 1. The highest BCUT2D eigenvalue weighted by molar-refractivity contribution is 5.92. The van der Waals surface area contributed by atoms with Gasteiger partial charge in [0.25, 0.3) is 0 Å². The summed E-state index contributed by atoms with van der Waals surface area (Å²) < 4.78 is 6.77. The molecule has 0 aliphatic rings. The Morgan fingerprint density at radius 3 is 2.47 bits per heavy atom. The summed E-state index contributed by atoms with van der Waals surface area (Å²) in [7, 11) is 0. The summed E-state index contributed by atoms with van der Waals surface area (Å²) >= 11 is 0. The van der Waals surface area contributed by atoms with Crippen LogP contribution in [0.15, 0.2) is 24.5 Å². The zero-order valence-electron chi connectivity index (χ0n) is 11.3. The fourth-order valence-corrected chi connectivity index (χ4v) is 1.64. The third-order valence-electron chi connectivity index (χ3n) is 2.75.